The highest BCUT2D eigenvalue weighted by molar-refractivity contribution is 6.33. The van der Waals surface area contributed by atoms with E-state index in [0.29, 0.717) is 34.7 Å². The predicted molar refractivity (Wildman–Crippen MR) is 110 cm³/mol. The van der Waals surface area contributed by atoms with Gasteiger partial charge in [0.05, 0.1) is 23.4 Å². The van der Waals surface area contributed by atoms with Gasteiger partial charge in [0.25, 0.3) is 0 Å². The fraction of sp³-hybridized carbons (Fsp3) is 0.286. The van der Waals surface area contributed by atoms with Crippen LogP contribution in [0.15, 0.2) is 47.0 Å². The van der Waals surface area contributed by atoms with Gasteiger partial charge in [-0.25, -0.2) is 4.79 Å². The van der Waals surface area contributed by atoms with Crippen LogP contribution in [0.1, 0.15) is 30.3 Å². The number of amides is 2. The van der Waals surface area contributed by atoms with E-state index in [9.17, 15) is 4.79 Å². The van der Waals surface area contributed by atoms with Crippen LogP contribution in [0.4, 0.5) is 10.5 Å². The van der Waals surface area contributed by atoms with Crippen LogP contribution in [-0.4, -0.2) is 34.7 Å². The number of hydrogen-bond donors (Lipinski definition) is 1. The second-order valence-corrected chi connectivity index (χ2v) is 7.33. The maximum atomic E-state index is 12.9. The van der Waals surface area contributed by atoms with E-state index < -0.39 is 0 Å². The number of halogens is 1. The van der Waals surface area contributed by atoms with E-state index in [1.807, 2.05) is 43.3 Å². The van der Waals surface area contributed by atoms with Crippen molar-refractivity contribution in [2.45, 2.75) is 25.8 Å². The van der Waals surface area contributed by atoms with E-state index in [2.05, 4.69) is 15.5 Å². The van der Waals surface area contributed by atoms with Gasteiger partial charge in [0, 0.05) is 6.54 Å². The number of carbonyl (C=O) groups is 1. The summed E-state index contributed by atoms with van der Waals surface area (Å²) < 4.78 is 10.9. The number of para-hydroxylation sites is 1. The first-order chi connectivity index (χ1) is 14.1. The number of nitrogens with one attached hydrogen (secondary N) is 1. The molecule has 150 valence electrons. The maximum Gasteiger partial charge on any atom is 0.322 e. The Balaban J connectivity index is 1.54. The SMILES string of the molecule is COc1ccccc1-c1noc([C@H]2CCCN2C(=O)Nc2ccc(C)cc2Cl)n1. The minimum absolute atomic E-state index is 0.240. The molecule has 1 atom stereocenters. The lowest BCUT2D eigenvalue weighted by molar-refractivity contribution is 0.193. The van der Waals surface area contributed by atoms with Gasteiger partial charge in [-0.1, -0.05) is 35.0 Å². The molecule has 0 spiro atoms. The number of urea groups is 1. The smallest absolute Gasteiger partial charge is 0.322 e. The van der Waals surface area contributed by atoms with Crippen LogP contribution in [0, 0.1) is 6.92 Å². The molecular formula is C21H21ClN4O3. The molecule has 0 saturated carbocycles. The summed E-state index contributed by atoms with van der Waals surface area (Å²) in [6, 6.07) is 12.5. The highest BCUT2D eigenvalue weighted by atomic mass is 35.5. The largest absolute Gasteiger partial charge is 0.496 e. The molecule has 2 heterocycles. The zero-order valence-electron chi connectivity index (χ0n) is 16.2. The number of ether oxygens (including phenoxy) is 1. The van der Waals surface area contributed by atoms with Crippen LogP contribution >= 0.6 is 11.6 Å². The molecule has 3 aromatic rings. The number of anilines is 1. The van der Waals surface area contributed by atoms with Crippen molar-refractivity contribution in [3.8, 4) is 17.1 Å². The number of carbonyl (C=O) groups excluding carboxylic acids is 1. The fourth-order valence-electron chi connectivity index (χ4n) is 3.48. The topological polar surface area (TPSA) is 80.5 Å². The van der Waals surface area contributed by atoms with Crippen LogP contribution in [0.2, 0.25) is 5.02 Å². The van der Waals surface area contributed by atoms with Gasteiger partial charge < -0.3 is 19.5 Å². The first kappa shape index (κ1) is 19.3. The molecule has 29 heavy (non-hydrogen) atoms. The Morgan fingerprint density at radius 3 is 2.93 bits per heavy atom. The molecule has 1 fully saturated rings. The Morgan fingerprint density at radius 1 is 1.31 bits per heavy atom. The van der Waals surface area contributed by atoms with Gasteiger partial charge in [0.2, 0.25) is 11.7 Å². The molecule has 1 saturated heterocycles. The maximum absolute atomic E-state index is 12.9. The van der Waals surface area contributed by atoms with E-state index >= 15 is 0 Å². The number of aromatic nitrogens is 2. The molecular weight excluding hydrogens is 392 g/mol. The molecule has 7 nitrogen and oxygen atoms in total. The van der Waals surface area contributed by atoms with Crippen molar-refractivity contribution in [1.82, 2.24) is 15.0 Å². The summed E-state index contributed by atoms with van der Waals surface area (Å²) >= 11 is 6.25. The summed E-state index contributed by atoms with van der Waals surface area (Å²) in [6.45, 7) is 2.55. The minimum Gasteiger partial charge on any atom is -0.496 e. The van der Waals surface area contributed by atoms with E-state index in [1.54, 1.807) is 18.1 Å². The molecule has 0 bridgehead atoms. The highest BCUT2D eigenvalue weighted by Crippen LogP contribution is 2.34. The number of benzene rings is 2. The summed E-state index contributed by atoms with van der Waals surface area (Å²) in [5, 5.41) is 7.48. The molecule has 0 unspecified atom stereocenters. The normalized spacial score (nSPS) is 16.1. The Kier molecular flexibility index (Phi) is 5.40. The Morgan fingerprint density at radius 2 is 2.14 bits per heavy atom. The number of methoxy groups -OCH3 is 1. The lowest BCUT2D eigenvalue weighted by atomic mass is 10.2. The van der Waals surface area contributed by atoms with Gasteiger partial charge in [-0.2, -0.15) is 4.98 Å². The summed E-state index contributed by atoms with van der Waals surface area (Å²) in [6.07, 6.45) is 1.61. The molecule has 2 amide bonds. The van der Waals surface area contributed by atoms with E-state index in [1.165, 1.54) is 0 Å². The molecule has 1 aliphatic heterocycles. The van der Waals surface area contributed by atoms with Crippen molar-refractivity contribution in [2.75, 3.05) is 19.0 Å². The Labute approximate surface area is 173 Å². The fourth-order valence-corrected chi connectivity index (χ4v) is 3.77. The van der Waals surface area contributed by atoms with Gasteiger partial charge in [-0.3, -0.25) is 0 Å². The predicted octanol–water partition coefficient (Wildman–Crippen LogP) is 5.08. The van der Waals surface area contributed by atoms with Crippen LogP contribution < -0.4 is 10.1 Å². The van der Waals surface area contributed by atoms with E-state index in [0.717, 1.165) is 24.0 Å². The molecule has 2 aromatic carbocycles. The van der Waals surface area contributed by atoms with Gasteiger partial charge in [-0.05, 0) is 49.6 Å². The third kappa shape index (κ3) is 3.91. The molecule has 0 radical (unpaired) electrons. The standard InChI is InChI=1S/C21H21ClN4O3/c1-13-9-10-16(15(22)12-13)23-21(27)26-11-5-7-17(26)20-24-19(25-29-20)14-6-3-4-8-18(14)28-2/h3-4,6,8-10,12,17H,5,7,11H2,1-2H3,(H,23,27)/t17-/m1/s1. The van der Waals surface area contributed by atoms with Crippen molar-refractivity contribution in [3.63, 3.8) is 0 Å². The van der Waals surface area contributed by atoms with E-state index in [4.69, 9.17) is 20.9 Å². The number of likely N-dealkylation sites (tertiary alicyclic amines) is 1. The van der Waals surface area contributed by atoms with Crippen LogP contribution in [-0.2, 0) is 0 Å². The third-order valence-electron chi connectivity index (χ3n) is 4.95. The summed E-state index contributed by atoms with van der Waals surface area (Å²) in [4.78, 5) is 19.1. The zero-order chi connectivity index (χ0) is 20.4. The third-order valence-corrected chi connectivity index (χ3v) is 5.27. The zero-order valence-corrected chi connectivity index (χ0v) is 16.9. The van der Waals surface area contributed by atoms with Crippen LogP contribution in [0.25, 0.3) is 11.4 Å². The van der Waals surface area contributed by atoms with Gasteiger partial charge in [0.1, 0.15) is 11.8 Å². The van der Waals surface area contributed by atoms with Gasteiger partial charge >= 0.3 is 6.03 Å². The molecule has 0 aliphatic carbocycles. The van der Waals surface area contributed by atoms with Crippen molar-refractivity contribution in [2.24, 2.45) is 0 Å². The highest BCUT2D eigenvalue weighted by Gasteiger charge is 2.34. The van der Waals surface area contributed by atoms with Gasteiger partial charge in [-0.15, -0.1) is 0 Å². The van der Waals surface area contributed by atoms with E-state index in [-0.39, 0.29) is 12.1 Å². The average molecular weight is 413 g/mol. The number of aryl methyl sites for hydroxylation is 1. The van der Waals surface area contributed by atoms with Crippen molar-refractivity contribution in [1.29, 1.82) is 0 Å². The Bertz CT molecular complexity index is 1040. The summed E-state index contributed by atoms with van der Waals surface area (Å²) in [5.41, 5.74) is 2.35. The summed E-state index contributed by atoms with van der Waals surface area (Å²) in [5.74, 6) is 1.51. The van der Waals surface area contributed by atoms with Gasteiger partial charge in [0.15, 0.2) is 0 Å². The molecule has 8 heteroatoms. The Hall–Kier alpha value is -3.06. The molecule has 1 aromatic heterocycles. The van der Waals surface area contributed by atoms with Crippen LogP contribution in [0.5, 0.6) is 5.75 Å². The van der Waals surface area contributed by atoms with Crippen molar-refractivity contribution < 1.29 is 14.1 Å². The lowest BCUT2D eigenvalue weighted by Gasteiger charge is -2.22. The van der Waals surface area contributed by atoms with Crippen molar-refractivity contribution >= 4 is 23.3 Å². The first-order valence-electron chi connectivity index (χ1n) is 9.37. The average Bonchev–Trinajstić information content (AvgIpc) is 3.39. The lowest BCUT2D eigenvalue weighted by Crippen LogP contribution is -2.34. The second kappa shape index (κ2) is 8.13. The first-order valence-corrected chi connectivity index (χ1v) is 9.75. The van der Waals surface area contributed by atoms with Crippen LogP contribution in [0.3, 0.4) is 0 Å². The summed E-state index contributed by atoms with van der Waals surface area (Å²) in [7, 11) is 1.60. The quantitative estimate of drug-likeness (QED) is 0.646. The minimum atomic E-state index is -0.282. The monoisotopic (exact) mass is 412 g/mol. The number of nitrogens with zero attached hydrogens (tertiary/aromatic N) is 3. The molecule has 1 N–H and O–H groups in total. The second-order valence-electron chi connectivity index (χ2n) is 6.92. The van der Waals surface area contributed by atoms with Crippen molar-refractivity contribution in [3.05, 3.63) is 58.9 Å². The molecule has 4 rings (SSSR count). The molecule has 1 aliphatic rings. The number of hydrogen-bond acceptors (Lipinski definition) is 5. The number of rotatable bonds is 4.